The highest BCUT2D eigenvalue weighted by atomic mass is 16.8. The largest absolute Gasteiger partial charge is 0.457 e. The Hall–Kier alpha value is -0.650. The zero-order chi connectivity index (χ0) is 10.8. The summed E-state index contributed by atoms with van der Waals surface area (Å²) in [5.74, 6) is -1.19. The highest BCUT2D eigenvalue weighted by molar-refractivity contribution is 5.82. The molecular formula is C10H14O5. The number of carbonyl (C=O) groups excluding carboxylic acids is 1. The molecule has 0 spiro atoms. The predicted molar refractivity (Wildman–Crippen MR) is 47.9 cm³/mol. The lowest BCUT2D eigenvalue weighted by Gasteiger charge is -2.29. The lowest BCUT2D eigenvalue weighted by atomic mass is 9.82. The normalized spacial score (nSPS) is 51.4. The van der Waals surface area contributed by atoms with Crippen LogP contribution < -0.4 is 0 Å². The number of fused-ring (bicyclic) bond motifs is 4. The van der Waals surface area contributed by atoms with Gasteiger partial charge in [-0.3, -0.25) is 0 Å². The summed E-state index contributed by atoms with van der Waals surface area (Å²) >= 11 is 0. The van der Waals surface area contributed by atoms with Gasteiger partial charge in [0.05, 0.1) is 6.10 Å². The average Bonchev–Trinajstić information content (AvgIpc) is 2.50. The van der Waals surface area contributed by atoms with E-state index in [-0.39, 0.29) is 24.7 Å². The lowest BCUT2D eigenvalue weighted by molar-refractivity contribution is -0.171. The summed E-state index contributed by atoms with van der Waals surface area (Å²) in [4.78, 5) is 11.4. The molecule has 1 saturated carbocycles. The molecular weight excluding hydrogens is 200 g/mol. The van der Waals surface area contributed by atoms with Crippen LogP contribution in [0.15, 0.2) is 0 Å². The maximum atomic E-state index is 11.4. The Balaban J connectivity index is 1.90. The molecule has 15 heavy (non-hydrogen) atoms. The van der Waals surface area contributed by atoms with Crippen molar-refractivity contribution in [2.24, 2.45) is 0 Å². The SMILES string of the molecule is CC1(C)O[C@H]2[C@@H]3C[C@@](O)(C[C@@H]2O1)C(=O)O3. The van der Waals surface area contributed by atoms with Crippen LogP contribution >= 0.6 is 0 Å². The molecule has 0 aromatic carbocycles. The van der Waals surface area contributed by atoms with Gasteiger partial charge in [-0.25, -0.2) is 4.79 Å². The van der Waals surface area contributed by atoms with Crippen LogP contribution in [0.1, 0.15) is 26.7 Å². The number of carbonyl (C=O) groups is 1. The third kappa shape index (κ3) is 1.23. The van der Waals surface area contributed by atoms with Crippen LogP contribution in [0, 0.1) is 0 Å². The van der Waals surface area contributed by atoms with Crippen LogP contribution in [-0.4, -0.2) is 40.8 Å². The van der Waals surface area contributed by atoms with Crippen LogP contribution in [0.2, 0.25) is 0 Å². The van der Waals surface area contributed by atoms with E-state index in [4.69, 9.17) is 14.2 Å². The first-order chi connectivity index (χ1) is 6.90. The summed E-state index contributed by atoms with van der Waals surface area (Å²) in [5, 5.41) is 10.00. The molecule has 3 fully saturated rings. The van der Waals surface area contributed by atoms with E-state index in [2.05, 4.69) is 0 Å². The highest BCUT2D eigenvalue weighted by Crippen LogP contribution is 2.46. The summed E-state index contributed by atoms with van der Waals surface area (Å²) in [6, 6.07) is 0. The van der Waals surface area contributed by atoms with E-state index in [0.29, 0.717) is 6.42 Å². The number of hydrogen-bond donors (Lipinski definition) is 1. The van der Waals surface area contributed by atoms with Gasteiger partial charge >= 0.3 is 5.97 Å². The number of hydrogen-bond acceptors (Lipinski definition) is 5. The molecule has 2 heterocycles. The van der Waals surface area contributed by atoms with Crippen molar-refractivity contribution in [3.05, 3.63) is 0 Å². The second kappa shape index (κ2) is 2.53. The zero-order valence-electron chi connectivity index (χ0n) is 8.73. The third-order valence-electron chi connectivity index (χ3n) is 3.30. The maximum Gasteiger partial charge on any atom is 0.338 e. The Bertz CT molecular complexity index is 326. The molecule has 0 unspecified atom stereocenters. The van der Waals surface area contributed by atoms with Crippen LogP contribution in [-0.2, 0) is 19.0 Å². The van der Waals surface area contributed by atoms with Crippen molar-refractivity contribution in [2.45, 2.75) is 56.4 Å². The van der Waals surface area contributed by atoms with Gasteiger partial charge in [0, 0.05) is 12.8 Å². The molecule has 2 saturated heterocycles. The van der Waals surface area contributed by atoms with Gasteiger partial charge < -0.3 is 19.3 Å². The van der Waals surface area contributed by atoms with Gasteiger partial charge in [0.15, 0.2) is 11.4 Å². The third-order valence-corrected chi connectivity index (χ3v) is 3.30. The van der Waals surface area contributed by atoms with Crippen molar-refractivity contribution < 1.29 is 24.1 Å². The van der Waals surface area contributed by atoms with Crippen LogP contribution in [0.5, 0.6) is 0 Å². The molecule has 0 aromatic heterocycles. The van der Waals surface area contributed by atoms with E-state index < -0.39 is 17.4 Å². The number of esters is 1. The molecule has 3 aliphatic rings. The van der Waals surface area contributed by atoms with Gasteiger partial charge in [-0.2, -0.15) is 0 Å². The van der Waals surface area contributed by atoms with E-state index in [0.717, 1.165) is 0 Å². The van der Waals surface area contributed by atoms with Crippen LogP contribution in [0.4, 0.5) is 0 Å². The lowest BCUT2D eigenvalue weighted by Crippen LogP contribution is -2.47. The Kier molecular flexibility index (Phi) is 1.62. The van der Waals surface area contributed by atoms with E-state index in [9.17, 15) is 9.90 Å². The first kappa shape index (κ1) is 9.57. The Labute approximate surface area is 87.3 Å². The molecule has 2 aliphatic heterocycles. The Morgan fingerprint density at radius 3 is 2.67 bits per heavy atom. The second-order valence-electron chi connectivity index (χ2n) is 5.02. The van der Waals surface area contributed by atoms with Crippen molar-refractivity contribution in [3.63, 3.8) is 0 Å². The Morgan fingerprint density at radius 2 is 1.93 bits per heavy atom. The second-order valence-corrected chi connectivity index (χ2v) is 5.02. The van der Waals surface area contributed by atoms with Crippen molar-refractivity contribution >= 4 is 5.97 Å². The summed E-state index contributed by atoms with van der Waals surface area (Å²) in [7, 11) is 0. The van der Waals surface area contributed by atoms with Crippen molar-refractivity contribution in [2.75, 3.05) is 0 Å². The molecule has 1 N–H and O–H groups in total. The Morgan fingerprint density at radius 1 is 1.27 bits per heavy atom. The number of ether oxygens (including phenoxy) is 3. The van der Waals surface area contributed by atoms with Crippen LogP contribution in [0.25, 0.3) is 0 Å². The minimum absolute atomic E-state index is 0.230. The molecule has 5 nitrogen and oxygen atoms in total. The molecule has 0 radical (unpaired) electrons. The fourth-order valence-corrected chi connectivity index (χ4v) is 2.72. The van der Waals surface area contributed by atoms with Gasteiger partial charge in [0.1, 0.15) is 12.2 Å². The van der Waals surface area contributed by atoms with Gasteiger partial charge in [0.25, 0.3) is 0 Å². The van der Waals surface area contributed by atoms with Gasteiger partial charge in [-0.1, -0.05) is 0 Å². The molecule has 4 atom stereocenters. The summed E-state index contributed by atoms with van der Waals surface area (Å²) in [6.45, 7) is 3.65. The topological polar surface area (TPSA) is 65.0 Å². The highest BCUT2D eigenvalue weighted by Gasteiger charge is 2.62. The predicted octanol–water partition coefficient (Wildman–Crippen LogP) is -0.0432. The van der Waals surface area contributed by atoms with E-state index in [1.54, 1.807) is 0 Å². The first-order valence-electron chi connectivity index (χ1n) is 5.19. The molecule has 3 rings (SSSR count). The molecule has 2 bridgehead atoms. The van der Waals surface area contributed by atoms with E-state index in [1.807, 2.05) is 13.8 Å². The fourth-order valence-electron chi connectivity index (χ4n) is 2.72. The summed E-state index contributed by atoms with van der Waals surface area (Å²) < 4.78 is 16.4. The molecule has 0 aromatic rings. The van der Waals surface area contributed by atoms with Gasteiger partial charge in [0.2, 0.25) is 0 Å². The minimum atomic E-state index is -1.35. The smallest absolute Gasteiger partial charge is 0.338 e. The van der Waals surface area contributed by atoms with Crippen molar-refractivity contribution in [3.8, 4) is 0 Å². The fraction of sp³-hybridized carbons (Fsp3) is 0.900. The number of rotatable bonds is 0. The van der Waals surface area contributed by atoms with Crippen molar-refractivity contribution in [1.29, 1.82) is 0 Å². The van der Waals surface area contributed by atoms with E-state index >= 15 is 0 Å². The standard InChI is InChI=1S/C10H14O5/c1-9(2)14-6-4-10(12)3-5(7(6)15-9)13-8(10)11/h5-7,12H,3-4H2,1-2H3/t5-,6-,7-,10+/m0/s1. The zero-order valence-corrected chi connectivity index (χ0v) is 8.73. The maximum absolute atomic E-state index is 11.4. The average molecular weight is 214 g/mol. The van der Waals surface area contributed by atoms with Gasteiger partial charge in [-0.15, -0.1) is 0 Å². The monoisotopic (exact) mass is 214 g/mol. The van der Waals surface area contributed by atoms with E-state index in [1.165, 1.54) is 0 Å². The number of aliphatic hydroxyl groups is 1. The summed E-state index contributed by atoms with van der Waals surface area (Å²) in [5.41, 5.74) is -1.35. The minimum Gasteiger partial charge on any atom is -0.457 e. The van der Waals surface area contributed by atoms with Gasteiger partial charge in [-0.05, 0) is 13.8 Å². The molecule has 84 valence electrons. The molecule has 0 amide bonds. The van der Waals surface area contributed by atoms with Crippen molar-refractivity contribution in [1.82, 2.24) is 0 Å². The molecule has 5 heteroatoms. The first-order valence-corrected chi connectivity index (χ1v) is 5.19. The van der Waals surface area contributed by atoms with Crippen LogP contribution in [0.3, 0.4) is 0 Å². The molecule has 1 aliphatic carbocycles. The summed E-state index contributed by atoms with van der Waals surface area (Å²) in [6.07, 6.45) is -0.229. The quantitative estimate of drug-likeness (QED) is 0.573.